The van der Waals surface area contributed by atoms with Gasteiger partial charge in [-0.25, -0.2) is 4.98 Å². The SMILES string of the molecule is Cc1nc(-c2ccc(OS(=O)(=O)C(F)(F)F)c(C#N)c2)sc1C(=O)[O-]. The number of benzene rings is 1. The van der Waals surface area contributed by atoms with Gasteiger partial charge in [0.25, 0.3) is 0 Å². The van der Waals surface area contributed by atoms with Crippen molar-refractivity contribution in [2.75, 3.05) is 0 Å². The first-order valence-electron chi connectivity index (χ1n) is 6.20. The Bertz CT molecular complexity index is 990. The minimum absolute atomic E-state index is 0.145. The Morgan fingerprint density at radius 3 is 2.52 bits per heavy atom. The molecule has 2 aromatic rings. The molecule has 0 fully saturated rings. The predicted molar refractivity (Wildman–Crippen MR) is 76.9 cm³/mol. The van der Waals surface area contributed by atoms with Gasteiger partial charge in [0, 0.05) is 5.56 Å². The smallest absolute Gasteiger partial charge is 0.534 e. The van der Waals surface area contributed by atoms with Gasteiger partial charge in [-0.1, -0.05) is 0 Å². The van der Waals surface area contributed by atoms with Crippen molar-refractivity contribution in [3.05, 3.63) is 34.3 Å². The van der Waals surface area contributed by atoms with Crippen LogP contribution in [0, 0.1) is 18.3 Å². The Morgan fingerprint density at radius 2 is 2.04 bits per heavy atom. The molecule has 0 atom stereocenters. The summed E-state index contributed by atoms with van der Waals surface area (Å²) in [6, 6.07) is 4.56. The second-order valence-corrected chi connectivity index (χ2v) is 7.06. The normalized spacial score (nSPS) is 11.8. The Balaban J connectivity index is 2.46. The Kier molecular flexibility index (Phi) is 4.74. The first-order valence-corrected chi connectivity index (χ1v) is 8.43. The van der Waals surface area contributed by atoms with Crippen LogP contribution in [0.4, 0.5) is 13.2 Å². The molecule has 0 unspecified atom stereocenters. The first kappa shape index (κ1) is 18.7. The number of alkyl halides is 3. The van der Waals surface area contributed by atoms with Crippen LogP contribution in [0.15, 0.2) is 18.2 Å². The van der Waals surface area contributed by atoms with E-state index in [9.17, 15) is 31.5 Å². The number of rotatable bonds is 4. The number of halogens is 3. The first-order chi connectivity index (χ1) is 11.5. The van der Waals surface area contributed by atoms with Crippen molar-refractivity contribution >= 4 is 27.4 Å². The van der Waals surface area contributed by atoms with Crippen molar-refractivity contribution in [2.24, 2.45) is 0 Å². The molecular formula is C13H6F3N2O5S2-. The number of nitrogens with zero attached hydrogens (tertiary/aromatic N) is 2. The van der Waals surface area contributed by atoms with Gasteiger partial charge in [0.15, 0.2) is 5.75 Å². The van der Waals surface area contributed by atoms with Crippen LogP contribution in [0.1, 0.15) is 20.9 Å². The predicted octanol–water partition coefficient (Wildman–Crippen LogP) is 1.58. The number of nitriles is 1. The molecule has 1 aromatic carbocycles. The molecule has 0 bridgehead atoms. The largest absolute Gasteiger partial charge is 0.544 e. The Morgan fingerprint density at radius 1 is 1.40 bits per heavy atom. The third kappa shape index (κ3) is 3.72. The summed E-state index contributed by atoms with van der Waals surface area (Å²) in [5.74, 6) is -2.25. The van der Waals surface area contributed by atoms with Crippen LogP contribution in [0.5, 0.6) is 5.75 Å². The standard InChI is InChI=1S/C13H7F3N2O5S2/c1-6-10(12(19)20)24-11(18-6)7-2-3-9(8(4-7)5-17)23-25(21,22)13(14,15)16/h2-4H,1H3,(H,19,20)/p-1. The number of carbonyl (C=O) groups excluding carboxylic acids is 1. The summed E-state index contributed by atoms with van der Waals surface area (Å²) in [5.41, 5.74) is -5.77. The van der Waals surface area contributed by atoms with Gasteiger partial charge in [0.2, 0.25) is 0 Å². The van der Waals surface area contributed by atoms with E-state index in [2.05, 4.69) is 9.17 Å². The van der Waals surface area contributed by atoms with E-state index >= 15 is 0 Å². The number of thiazole rings is 1. The second kappa shape index (κ2) is 6.34. The lowest BCUT2D eigenvalue weighted by Gasteiger charge is -2.10. The highest BCUT2D eigenvalue weighted by Crippen LogP contribution is 2.33. The van der Waals surface area contributed by atoms with Crippen LogP contribution in [0.25, 0.3) is 10.6 Å². The molecule has 0 saturated heterocycles. The van der Waals surface area contributed by atoms with E-state index < -0.39 is 32.9 Å². The molecule has 7 nitrogen and oxygen atoms in total. The summed E-state index contributed by atoms with van der Waals surface area (Å²) in [7, 11) is -5.92. The summed E-state index contributed by atoms with van der Waals surface area (Å²) >= 11 is 0.742. The van der Waals surface area contributed by atoms with Gasteiger partial charge in [-0.3, -0.25) is 0 Å². The van der Waals surface area contributed by atoms with Crippen LogP contribution >= 0.6 is 11.3 Å². The Hall–Kier alpha value is -2.65. The van der Waals surface area contributed by atoms with Gasteiger partial charge in [-0.15, -0.1) is 11.3 Å². The number of aromatic nitrogens is 1. The fourth-order valence-corrected chi connectivity index (χ4v) is 3.07. The van der Waals surface area contributed by atoms with Gasteiger partial charge in [-0.2, -0.15) is 26.9 Å². The zero-order valence-corrected chi connectivity index (χ0v) is 13.8. The van der Waals surface area contributed by atoms with Crippen LogP contribution in [0.2, 0.25) is 0 Å². The van der Waals surface area contributed by atoms with Crippen molar-refractivity contribution < 1.29 is 35.7 Å². The van der Waals surface area contributed by atoms with Crippen molar-refractivity contribution in [1.29, 1.82) is 5.26 Å². The summed E-state index contributed by atoms with van der Waals surface area (Å²) in [6.07, 6.45) is 0. The van der Waals surface area contributed by atoms with Gasteiger partial charge in [0.05, 0.1) is 22.1 Å². The summed E-state index contributed by atoms with van der Waals surface area (Å²) in [5, 5.41) is 20.1. The highest BCUT2D eigenvalue weighted by Gasteiger charge is 2.48. The molecular weight excluding hydrogens is 385 g/mol. The fraction of sp³-hybridized carbons (Fsp3) is 0.154. The maximum atomic E-state index is 12.4. The van der Waals surface area contributed by atoms with Gasteiger partial charge < -0.3 is 14.1 Å². The van der Waals surface area contributed by atoms with Crippen molar-refractivity contribution in [2.45, 2.75) is 12.4 Å². The third-order valence-corrected chi connectivity index (χ3v) is 4.96. The molecule has 0 spiro atoms. The van der Waals surface area contributed by atoms with Crippen LogP contribution in [0.3, 0.4) is 0 Å². The van der Waals surface area contributed by atoms with Crippen LogP contribution in [-0.4, -0.2) is 24.9 Å². The van der Waals surface area contributed by atoms with E-state index in [-0.39, 0.29) is 21.1 Å². The highest BCUT2D eigenvalue weighted by atomic mass is 32.2. The molecule has 0 saturated carbocycles. The molecule has 2 rings (SSSR count). The molecule has 0 N–H and O–H groups in total. The molecule has 1 aromatic heterocycles. The van der Waals surface area contributed by atoms with Crippen molar-refractivity contribution in [3.8, 4) is 22.4 Å². The number of carboxylic acids is 1. The lowest BCUT2D eigenvalue weighted by atomic mass is 10.1. The fourth-order valence-electron chi connectivity index (χ4n) is 1.70. The van der Waals surface area contributed by atoms with Crippen LogP contribution in [-0.2, 0) is 10.1 Å². The van der Waals surface area contributed by atoms with E-state index in [1.54, 1.807) is 0 Å². The zero-order valence-electron chi connectivity index (χ0n) is 12.1. The molecule has 0 radical (unpaired) electrons. The average molecular weight is 391 g/mol. The average Bonchev–Trinajstić information content (AvgIpc) is 2.88. The van der Waals surface area contributed by atoms with E-state index in [1.165, 1.54) is 13.0 Å². The Labute approximate surface area is 143 Å². The molecule has 1 heterocycles. The number of hydrogen-bond acceptors (Lipinski definition) is 8. The van der Waals surface area contributed by atoms with E-state index in [0.717, 1.165) is 29.5 Å². The highest BCUT2D eigenvalue weighted by molar-refractivity contribution is 7.88. The third-order valence-electron chi connectivity index (χ3n) is 2.81. The van der Waals surface area contributed by atoms with Crippen molar-refractivity contribution in [3.63, 3.8) is 0 Å². The maximum absolute atomic E-state index is 12.4. The van der Waals surface area contributed by atoms with Crippen molar-refractivity contribution in [1.82, 2.24) is 4.98 Å². The van der Waals surface area contributed by atoms with Gasteiger partial charge in [0.1, 0.15) is 11.1 Å². The molecule has 0 amide bonds. The summed E-state index contributed by atoms with van der Waals surface area (Å²) < 4.78 is 63.1. The maximum Gasteiger partial charge on any atom is 0.534 e. The van der Waals surface area contributed by atoms with E-state index in [1.807, 2.05) is 0 Å². The van der Waals surface area contributed by atoms with E-state index in [0.29, 0.717) is 0 Å². The van der Waals surface area contributed by atoms with Crippen LogP contribution < -0.4 is 9.29 Å². The lowest BCUT2D eigenvalue weighted by molar-refractivity contribution is -0.254. The minimum Gasteiger partial charge on any atom is -0.544 e. The monoisotopic (exact) mass is 391 g/mol. The number of aryl methyl sites for hydroxylation is 1. The number of carbonyl (C=O) groups is 1. The van der Waals surface area contributed by atoms with Gasteiger partial charge in [-0.05, 0) is 25.1 Å². The second-order valence-electron chi connectivity index (χ2n) is 4.53. The quantitative estimate of drug-likeness (QED) is 0.573. The summed E-state index contributed by atoms with van der Waals surface area (Å²) in [4.78, 5) is 14.7. The van der Waals surface area contributed by atoms with Gasteiger partial charge >= 0.3 is 15.6 Å². The molecule has 0 aliphatic rings. The summed E-state index contributed by atoms with van der Waals surface area (Å²) in [6.45, 7) is 1.42. The van der Waals surface area contributed by atoms with E-state index in [4.69, 9.17) is 5.26 Å². The molecule has 12 heteroatoms. The zero-order chi connectivity index (χ0) is 19.0. The topological polar surface area (TPSA) is 120 Å². The number of carboxylic acid groups (broad SMARTS) is 1. The lowest BCUT2D eigenvalue weighted by Crippen LogP contribution is -2.28. The minimum atomic E-state index is -5.92. The molecule has 25 heavy (non-hydrogen) atoms. The number of aromatic carboxylic acids is 1. The molecule has 0 aliphatic heterocycles. The number of hydrogen-bond donors (Lipinski definition) is 0. The molecule has 132 valence electrons. The molecule has 0 aliphatic carbocycles.